The minimum atomic E-state index is -0.501. The minimum Gasteiger partial charge on any atom is -0.467 e. The van der Waals surface area contributed by atoms with Crippen molar-refractivity contribution < 1.29 is 19.0 Å². The molecular weight excluding hydrogens is 412 g/mol. The third-order valence-corrected chi connectivity index (χ3v) is 5.61. The van der Waals surface area contributed by atoms with E-state index >= 15 is 0 Å². The van der Waals surface area contributed by atoms with Gasteiger partial charge >= 0.3 is 6.09 Å². The monoisotopic (exact) mass is 444 g/mol. The van der Waals surface area contributed by atoms with Crippen LogP contribution in [0.3, 0.4) is 0 Å². The highest BCUT2D eigenvalue weighted by atomic mass is 32.1. The predicted octanol–water partition coefficient (Wildman–Crippen LogP) is 5.20. The van der Waals surface area contributed by atoms with Gasteiger partial charge in [0.1, 0.15) is 11.4 Å². The summed E-state index contributed by atoms with van der Waals surface area (Å²) in [5, 5.41) is 5.17. The van der Waals surface area contributed by atoms with Gasteiger partial charge in [-0.2, -0.15) is 0 Å². The van der Waals surface area contributed by atoms with Crippen LogP contribution in [-0.2, 0) is 9.47 Å². The molecule has 0 radical (unpaired) electrons. The van der Waals surface area contributed by atoms with E-state index in [9.17, 15) is 4.79 Å². The first-order chi connectivity index (χ1) is 14.8. The molecule has 0 unspecified atom stereocenters. The largest absolute Gasteiger partial charge is 0.467 e. The number of alkyl carbamates (subject to hydrolysis) is 1. The molecule has 0 aromatic heterocycles. The number of amides is 1. The van der Waals surface area contributed by atoms with Gasteiger partial charge in [0.15, 0.2) is 6.79 Å². The number of nitrogens with zero attached hydrogens (tertiary/aromatic N) is 1. The molecule has 0 saturated carbocycles. The van der Waals surface area contributed by atoms with Crippen LogP contribution in [0.2, 0.25) is 0 Å². The van der Waals surface area contributed by atoms with Gasteiger partial charge in [-0.15, -0.1) is 0 Å². The van der Waals surface area contributed by atoms with Crippen molar-refractivity contribution in [2.45, 2.75) is 51.7 Å². The lowest BCUT2D eigenvalue weighted by Gasteiger charge is -2.29. The Bertz CT molecular complexity index is 925. The summed E-state index contributed by atoms with van der Waals surface area (Å²) in [6.45, 7) is 7.05. The topological polar surface area (TPSA) is 60.0 Å². The molecule has 1 heterocycles. The average molecular weight is 445 g/mol. The molecule has 2 aromatic rings. The van der Waals surface area contributed by atoms with E-state index in [-0.39, 0.29) is 12.8 Å². The van der Waals surface area contributed by atoms with Crippen molar-refractivity contribution in [1.29, 1.82) is 0 Å². The number of methoxy groups -OCH3 is 1. The Kier molecular flexibility index (Phi) is 7.73. The summed E-state index contributed by atoms with van der Waals surface area (Å²) in [7, 11) is 1.62. The molecule has 1 amide bonds. The molecule has 6 nitrogen and oxygen atoms in total. The fourth-order valence-corrected chi connectivity index (χ4v) is 4.27. The van der Waals surface area contributed by atoms with Gasteiger partial charge in [-0.1, -0.05) is 42.5 Å². The van der Waals surface area contributed by atoms with Gasteiger partial charge in [0.05, 0.1) is 11.0 Å². The summed E-state index contributed by atoms with van der Waals surface area (Å²) in [4.78, 5) is 15.1. The number of carbonyl (C=O) groups is 1. The number of benzene rings is 2. The zero-order valence-corrected chi connectivity index (χ0v) is 19.6. The summed E-state index contributed by atoms with van der Waals surface area (Å²) in [5.74, 6) is 0.826. The summed E-state index contributed by atoms with van der Waals surface area (Å²) < 4.78 is 16.4. The molecule has 1 aliphatic rings. The van der Waals surface area contributed by atoms with E-state index < -0.39 is 11.7 Å². The van der Waals surface area contributed by atoms with Crippen molar-refractivity contribution >= 4 is 34.1 Å². The maximum Gasteiger partial charge on any atom is 0.407 e. The molecule has 3 rings (SSSR count). The molecule has 2 aromatic carbocycles. The zero-order chi connectivity index (χ0) is 22.4. The summed E-state index contributed by atoms with van der Waals surface area (Å²) in [6, 6.07) is 12.6. The van der Waals surface area contributed by atoms with E-state index in [1.165, 1.54) is 10.8 Å². The maximum absolute atomic E-state index is 11.9. The smallest absolute Gasteiger partial charge is 0.407 e. The first kappa shape index (κ1) is 23.3. The highest BCUT2D eigenvalue weighted by molar-refractivity contribution is 7.80. The van der Waals surface area contributed by atoms with Crippen LogP contribution in [0.15, 0.2) is 36.4 Å². The van der Waals surface area contributed by atoms with Gasteiger partial charge in [0.2, 0.25) is 0 Å². The quantitative estimate of drug-likeness (QED) is 0.343. The molecule has 1 saturated heterocycles. The molecule has 1 atom stereocenters. The van der Waals surface area contributed by atoms with Gasteiger partial charge in [-0.05, 0) is 50.5 Å². The van der Waals surface area contributed by atoms with Crippen LogP contribution >= 0.6 is 12.2 Å². The highest BCUT2D eigenvalue weighted by Gasteiger charge is 2.32. The van der Waals surface area contributed by atoms with Gasteiger partial charge in [0, 0.05) is 32.2 Å². The second-order valence-electron chi connectivity index (χ2n) is 8.67. The summed E-state index contributed by atoms with van der Waals surface area (Å²) >= 11 is 5.69. The maximum atomic E-state index is 11.9. The van der Waals surface area contributed by atoms with E-state index in [4.69, 9.17) is 26.4 Å². The number of carbonyl (C=O) groups excluding carboxylic acids is 1. The molecule has 0 spiro atoms. The second-order valence-corrected chi connectivity index (χ2v) is 9.14. The lowest BCUT2D eigenvalue weighted by Crippen LogP contribution is -2.35. The Balaban J connectivity index is 1.75. The number of fused-ring (bicyclic) bond motifs is 1. The Labute approximate surface area is 189 Å². The third kappa shape index (κ3) is 6.08. The van der Waals surface area contributed by atoms with Crippen molar-refractivity contribution in [2.75, 3.05) is 27.0 Å². The van der Waals surface area contributed by atoms with Crippen LogP contribution in [0.25, 0.3) is 10.8 Å². The van der Waals surface area contributed by atoms with Crippen LogP contribution in [0.1, 0.15) is 51.6 Å². The average Bonchev–Trinajstić information content (AvgIpc) is 3.07. The molecular formula is C24H32N2O4S. The van der Waals surface area contributed by atoms with Gasteiger partial charge in [0.25, 0.3) is 0 Å². The van der Waals surface area contributed by atoms with Crippen molar-refractivity contribution in [2.24, 2.45) is 0 Å². The molecule has 31 heavy (non-hydrogen) atoms. The van der Waals surface area contributed by atoms with E-state index in [0.717, 1.165) is 42.1 Å². The highest BCUT2D eigenvalue weighted by Crippen LogP contribution is 2.42. The number of hydrogen-bond donors (Lipinski definition) is 1. The van der Waals surface area contributed by atoms with Gasteiger partial charge in [-0.25, -0.2) is 4.79 Å². The number of hydrogen-bond acceptors (Lipinski definition) is 5. The van der Waals surface area contributed by atoms with E-state index in [0.29, 0.717) is 6.54 Å². The lowest BCUT2D eigenvalue weighted by atomic mass is 9.96. The van der Waals surface area contributed by atoms with Crippen LogP contribution in [-0.4, -0.2) is 48.6 Å². The molecule has 168 valence electrons. The normalized spacial score (nSPS) is 16.6. The first-order valence-electron chi connectivity index (χ1n) is 10.7. The molecule has 1 aliphatic heterocycles. The lowest BCUT2D eigenvalue weighted by molar-refractivity contribution is 0.0498. The number of ether oxygens (including phenoxy) is 3. The molecule has 7 heteroatoms. The SMILES string of the molecule is COCOc1ccc2ccccc2c1[C@@H]1CCC(=S)N1CCCNC(=O)OC(C)(C)C. The molecule has 0 aliphatic carbocycles. The van der Waals surface area contributed by atoms with Crippen LogP contribution in [0, 0.1) is 0 Å². The predicted molar refractivity (Wildman–Crippen MR) is 127 cm³/mol. The number of nitrogens with one attached hydrogen (secondary N) is 1. The van der Waals surface area contributed by atoms with E-state index in [1.807, 2.05) is 39.0 Å². The Hall–Kier alpha value is -2.38. The Morgan fingerprint density at radius 3 is 2.74 bits per heavy atom. The number of thiocarbonyl (C=S) groups is 1. The third-order valence-electron chi connectivity index (χ3n) is 5.17. The zero-order valence-electron chi connectivity index (χ0n) is 18.8. The molecule has 0 bridgehead atoms. The number of likely N-dealkylation sites (tertiary alicyclic amines) is 1. The van der Waals surface area contributed by atoms with Crippen LogP contribution in [0.4, 0.5) is 4.79 Å². The van der Waals surface area contributed by atoms with Crippen LogP contribution < -0.4 is 10.1 Å². The van der Waals surface area contributed by atoms with Crippen molar-refractivity contribution in [3.8, 4) is 5.75 Å². The Morgan fingerprint density at radius 1 is 1.23 bits per heavy atom. The van der Waals surface area contributed by atoms with E-state index in [2.05, 4.69) is 28.4 Å². The van der Waals surface area contributed by atoms with Gasteiger partial charge < -0.3 is 24.4 Å². The second kappa shape index (κ2) is 10.3. The number of rotatable bonds is 8. The fraction of sp³-hybridized carbons (Fsp3) is 0.500. The first-order valence-corrected chi connectivity index (χ1v) is 11.1. The molecule has 1 N–H and O–H groups in total. The minimum absolute atomic E-state index is 0.131. The fourth-order valence-electron chi connectivity index (χ4n) is 3.94. The summed E-state index contributed by atoms with van der Waals surface area (Å²) in [5.41, 5.74) is 0.647. The summed E-state index contributed by atoms with van der Waals surface area (Å²) in [6.07, 6.45) is 2.19. The van der Waals surface area contributed by atoms with Crippen molar-refractivity contribution in [3.05, 3.63) is 42.0 Å². The van der Waals surface area contributed by atoms with Crippen LogP contribution in [0.5, 0.6) is 5.75 Å². The van der Waals surface area contributed by atoms with Crippen molar-refractivity contribution in [1.82, 2.24) is 10.2 Å². The Morgan fingerprint density at radius 2 is 2.00 bits per heavy atom. The van der Waals surface area contributed by atoms with E-state index in [1.54, 1.807) is 7.11 Å². The molecule has 1 fully saturated rings. The van der Waals surface area contributed by atoms with Crippen molar-refractivity contribution in [3.63, 3.8) is 0 Å². The standard InChI is InChI=1S/C24H32N2O4S/c1-24(2,3)30-23(27)25-14-7-15-26-19(11-13-21(26)31)22-18-9-6-5-8-17(18)10-12-20(22)29-16-28-4/h5-6,8-10,12,19H,7,11,13-16H2,1-4H3,(H,25,27)/t19-/m0/s1. The van der Waals surface area contributed by atoms with Gasteiger partial charge in [-0.3, -0.25) is 0 Å².